The van der Waals surface area contributed by atoms with Gasteiger partial charge in [-0.25, -0.2) is 4.98 Å². The molecule has 0 saturated carbocycles. The van der Waals surface area contributed by atoms with Gasteiger partial charge in [0.1, 0.15) is 5.82 Å². The minimum atomic E-state index is -4.32. The number of hydrogen-bond acceptors (Lipinski definition) is 2. The maximum absolute atomic E-state index is 12.7. The summed E-state index contributed by atoms with van der Waals surface area (Å²) in [4.78, 5) is 4.43. The van der Waals surface area contributed by atoms with E-state index in [1.54, 1.807) is 0 Å². The van der Waals surface area contributed by atoms with E-state index in [9.17, 15) is 13.2 Å². The second-order valence-corrected chi connectivity index (χ2v) is 5.27. The van der Waals surface area contributed by atoms with Gasteiger partial charge in [-0.05, 0) is 37.6 Å². The first-order chi connectivity index (χ1) is 9.47. The lowest BCUT2D eigenvalue weighted by Gasteiger charge is -2.22. The summed E-state index contributed by atoms with van der Waals surface area (Å²) in [5, 5.41) is 3.31. The topological polar surface area (TPSA) is 29.9 Å². The average molecular weight is 283 g/mol. The maximum Gasteiger partial charge on any atom is 0.416 e. The number of nitrogens with zero attached hydrogens (tertiary/aromatic N) is 2. The zero-order valence-corrected chi connectivity index (χ0v) is 11.2. The van der Waals surface area contributed by atoms with Gasteiger partial charge in [0.05, 0.1) is 16.6 Å². The second-order valence-electron chi connectivity index (χ2n) is 5.27. The first kappa shape index (κ1) is 13.4. The van der Waals surface area contributed by atoms with Crippen molar-refractivity contribution in [3.63, 3.8) is 0 Å². The molecule has 108 valence electrons. The molecule has 0 spiro atoms. The average Bonchev–Trinajstić information content (AvgIpc) is 2.76. The third-order valence-electron chi connectivity index (χ3n) is 3.90. The fourth-order valence-corrected chi connectivity index (χ4v) is 2.83. The van der Waals surface area contributed by atoms with Gasteiger partial charge in [-0.2, -0.15) is 13.2 Å². The minimum absolute atomic E-state index is 0.274. The van der Waals surface area contributed by atoms with E-state index < -0.39 is 11.7 Å². The highest BCUT2D eigenvalue weighted by Crippen LogP contribution is 2.32. The molecule has 3 rings (SSSR count). The first-order valence-electron chi connectivity index (χ1n) is 6.71. The highest BCUT2D eigenvalue weighted by Gasteiger charge is 2.31. The number of aryl methyl sites for hydroxylation is 1. The Morgan fingerprint density at radius 3 is 2.80 bits per heavy atom. The fraction of sp³-hybridized carbons (Fsp3) is 0.500. The largest absolute Gasteiger partial charge is 0.416 e. The Kier molecular flexibility index (Phi) is 3.20. The van der Waals surface area contributed by atoms with Crippen molar-refractivity contribution in [2.24, 2.45) is 7.05 Å². The molecular weight excluding hydrogens is 267 g/mol. The highest BCUT2D eigenvalue weighted by molar-refractivity contribution is 5.77. The molecule has 6 heteroatoms. The van der Waals surface area contributed by atoms with Crippen LogP contribution in [0.25, 0.3) is 11.0 Å². The van der Waals surface area contributed by atoms with E-state index in [4.69, 9.17) is 0 Å². The predicted molar refractivity (Wildman–Crippen MR) is 70.6 cm³/mol. The van der Waals surface area contributed by atoms with E-state index in [0.29, 0.717) is 5.52 Å². The molecule has 1 aliphatic rings. The highest BCUT2D eigenvalue weighted by atomic mass is 19.4. The van der Waals surface area contributed by atoms with Gasteiger partial charge in [-0.3, -0.25) is 0 Å². The molecule has 3 nitrogen and oxygen atoms in total. The number of halogens is 3. The smallest absolute Gasteiger partial charge is 0.331 e. The van der Waals surface area contributed by atoms with Gasteiger partial charge in [0.15, 0.2) is 0 Å². The number of piperidine rings is 1. The Hall–Kier alpha value is -1.56. The maximum atomic E-state index is 12.7. The van der Waals surface area contributed by atoms with Crippen molar-refractivity contribution in [2.75, 3.05) is 13.1 Å². The summed E-state index contributed by atoms with van der Waals surface area (Å²) in [6, 6.07) is 3.76. The standard InChI is InChI=1S/C14H16F3N3/c1-20-12-5-4-10(14(15,16)17)7-11(12)19-13(20)9-3-2-6-18-8-9/h4-5,7,9,18H,2-3,6,8H2,1H3. The number of alkyl halides is 3. The third kappa shape index (κ3) is 2.28. The van der Waals surface area contributed by atoms with Crippen LogP contribution in [0.3, 0.4) is 0 Å². The van der Waals surface area contributed by atoms with Crippen molar-refractivity contribution < 1.29 is 13.2 Å². The lowest BCUT2D eigenvalue weighted by molar-refractivity contribution is -0.137. The Morgan fingerprint density at radius 1 is 1.35 bits per heavy atom. The lowest BCUT2D eigenvalue weighted by atomic mass is 9.99. The van der Waals surface area contributed by atoms with Gasteiger partial charge in [0, 0.05) is 19.5 Å². The Morgan fingerprint density at radius 2 is 2.15 bits per heavy atom. The molecule has 0 radical (unpaired) electrons. The molecule has 1 unspecified atom stereocenters. The molecule has 1 fully saturated rings. The zero-order valence-electron chi connectivity index (χ0n) is 11.2. The van der Waals surface area contributed by atoms with Crippen molar-refractivity contribution in [1.82, 2.24) is 14.9 Å². The molecule has 1 aliphatic heterocycles. The van der Waals surface area contributed by atoms with Gasteiger partial charge in [0.25, 0.3) is 0 Å². The monoisotopic (exact) mass is 283 g/mol. The molecular formula is C14H16F3N3. The normalized spacial score (nSPS) is 20.5. The van der Waals surface area contributed by atoms with Crippen LogP contribution in [0.5, 0.6) is 0 Å². The Labute approximate surface area is 114 Å². The van der Waals surface area contributed by atoms with Crippen LogP contribution in [0.15, 0.2) is 18.2 Å². The van der Waals surface area contributed by atoms with Gasteiger partial charge in [0.2, 0.25) is 0 Å². The zero-order chi connectivity index (χ0) is 14.3. The number of rotatable bonds is 1. The molecule has 0 bridgehead atoms. The molecule has 1 aromatic carbocycles. The van der Waals surface area contributed by atoms with Gasteiger partial charge < -0.3 is 9.88 Å². The number of hydrogen-bond donors (Lipinski definition) is 1. The molecule has 1 aromatic heterocycles. The lowest BCUT2D eigenvalue weighted by Crippen LogP contribution is -2.29. The number of imidazole rings is 1. The van der Waals surface area contributed by atoms with Crippen LogP contribution in [-0.2, 0) is 13.2 Å². The van der Waals surface area contributed by atoms with E-state index in [0.717, 1.165) is 49.4 Å². The minimum Gasteiger partial charge on any atom is -0.331 e. The van der Waals surface area contributed by atoms with E-state index >= 15 is 0 Å². The number of aromatic nitrogens is 2. The predicted octanol–water partition coefficient (Wildman–Crippen LogP) is 3.06. The van der Waals surface area contributed by atoms with Crippen LogP contribution in [0.1, 0.15) is 30.1 Å². The summed E-state index contributed by atoms with van der Waals surface area (Å²) in [5.74, 6) is 1.14. The quantitative estimate of drug-likeness (QED) is 0.871. The molecule has 1 N–H and O–H groups in total. The van der Waals surface area contributed by atoms with E-state index in [2.05, 4.69) is 10.3 Å². The fourth-order valence-electron chi connectivity index (χ4n) is 2.83. The van der Waals surface area contributed by atoms with Crippen LogP contribution >= 0.6 is 0 Å². The molecule has 20 heavy (non-hydrogen) atoms. The SMILES string of the molecule is Cn1c(C2CCCNC2)nc2cc(C(F)(F)F)ccc21. The van der Waals surface area contributed by atoms with Gasteiger partial charge in [-0.15, -0.1) is 0 Å². The molecule has 0 aliphatic carbocycles. The van der Waals surface area contributed by atoms with Crippen LogP contribution in [0.4, 0.5) is 13.2 Å². The third-order valence-corrected chi connectivity index (χ3v) is 3.90. The summed E-state index contributed by atoms with van der Waals surface area (Å²) in [6.07, 6.45) is -2.23. The Balaban J connectivity index is 2.04. The van der Waals surface area contributed by atoms with Crippen molar-refractivity contribution >= 4 is 11.0 Å². The summed E-state index contributed by atoms with van der Waals surface area (Å²) < 4.78 is 40.1. The molecule has 1 atom stereocenters. The molecule has 0 amide bonds. The number of nitrogens with one attached hydrogen (secondary N) is 1. The summed E-state index contributed by atoms with van der Waals surface area (Å²) in [6.45, 7) is 1.84. The van der Waals surface area contributed by atoms with Crippen LogP contribution in [0, 0.1) is 0 Å². The van der Waals surface area contributed by atoms with Crippen molar-refractivity contribution in [3.05, 3.63) is 29.6 Å². The van der Waals surface area contributed by atoms with Crippen molar-refractivity contribution in [1.29, 1.82) is 0 Å². The van der Waals surface area contributed by atoms with E-state index in [-0.39, 0.29) is 5.92 Å². The van der Waals surface area contributed by atoms with Crippen molar-refractivity contribution in [2.45, 2.75) is 24.9 Å². The van der Waals surface area contributed by atoms with Crippen LogP contribution < -0.4 is 5.32 Å². The molecule has 2 heterocycles. The van der Waals surface area contributed by atoms with Crippen molar-refractivity contribution in [3.8, 4) is 0 Å². The molecule has 1 saturated heterocycles. The molecule has 2 aromatic rings. The Bertz CT molecular complexity index is 624. The van der Waals surface area contributed by atoms with E-state index in [1.807, 2.05) is 11.6 Å². The van der Waals surface area contributed by atoms with Gasteiger partial charge in [-0.1, -0.05) is 0 Å². The summed E-state index contributed by atoms with van der Waals surface area (Å²) in [5.41, 5.74) is 0.526. The summed E-state index contributed by atoms with van der Waals surface area (Å²) in [7, 11) is 1.87. The van der Waals surface area contributed by atoms with Crippen LogP contribution in [-0.4, -0.2) is 22.6 Å². The number of benzene rings is 1. The van der Waals surface area contributed by atoms with E-state index in [1.165, 1.54) is 6.07 Å². The number of fused-ring (bicyclic) bond motifs is 1. The van der Waals surface area contributed by atoms with Crippen LogP contribution in [0.2, 0.25) is 0 Å². The second kappa shape index (κ2) is 4.77. The first-order valence-corrected chi connectivity index (χ1v) is 6.71. The van der Waals surface area contributed by atoms with Gasteiger partial charge >= 0.3 is 6.18 Å². The summed E-state index contributed by atoms with van der Waals surface area (Å²) >= 11 is 0.